The summed E-state index contributed by atoms with van der Waals surface area (Å²) in [5, 5.41) is 10.1. The number of hydrogen-bond acceptors (Lipinski definition) is 7. The lowest BCUT2D eigenvalue weighted by Crippen LogP contribution is -2.41. The van der Waals surface area contributed by atoms with Crippen LogP contribution in [0, 0.1) is 13.8 Å². The minimum atomic E-state index is -3.98. The predicted octanol–water partition coefficient (Wildman–Crippen LogP) is 1.96. The van der Waals surface area contributed by atoms with Gasteiger partial charge in [-0.3, -0.25) is 4.79 Å². The van der Waals surface area contributed by atoms with Gasteiger partial charge in [-0.2, -0.15) is 4.31 Å². The van der Waals surface area contributed by atoms with Crippen molar-refractivity contribution in [1.82, 2.24) is 4.31 Å². The Morgan fingerprint density at radius 3 is 2.39 bits per heavy atom. The van der Waals surface area contributed by atoms with E-state index >= 15 is 0 Å². The van der Waals surface area contributed by atoms with E-state index in [1.165, 1.54) is 13.2 Å². The molecule has 0 aliphatic carbocycles. The number of carbonyl (C=O) groups is 2. The van der Waals surface area contributed by atoms with E-state index in [1.807, 2.05) is 13.8 Å². The largest absolute Gasteiger partial charge is 0.465 e. The number of sulfonamides is 1. The van der Waals surface area contributed by atoms with E-state index in [1.54, 1.807) is 36.4 Å². The number of hydrogen-bond donors (Lipinski definition) is 1. The van der Waals surface area contributed by atoms with Crippen LogP contribution in [-0.4, -0.2) is 55.6 Å². The zero-order valence-electron chi connectivity index (χ0n) is 17.6. The SMILES string of the molecule is COC(=O)c1ccc(COC(=O)[C@@H]2C[C@@H](O)CN2S(=O)(=O)c2ccc(C)c(C)c2)cc1. The molecule has 0 spiro atoms. The van der Waals surface area contributed by atoms with E-state index < -0.39 is 34.1 Å². The Hall–Kier alpha value is -2.75. The van der Waals surface area contributed by atoms with Crippen molar-refractivity contribution in [2.75, 3.05) is 13.7 Å². The van der Waals surface area contributed by atoms with Crippen LogP contribution in [0.25, 0.3) is 0 Å². The molecular weight excluding hydrogens is 422 g/mol. The fourth-order valence-electron chi connectivity index (χ4n) is 3.38. The number of β-amino-alcohol motifs (C(OH)–C–C–N with tert-alkyl or cyclic N) is 1. The van der Waals surface area contributed by atoms with E-state index in [9.17, 15) is 23.1 Å². The number of methoxy groups -OCH3 is 1. The first-order valence-corrected chi connectivity index (χ1v) is 11.2. The fourth-order valence-corrected chi connectivity index (χ4v) is 5.09. The van der Waals surface area contributed by atoms with E-state index in [2.05, 4.69) is 4.74 Å². The highest BCUT2D eigenvalue weighted by molar-refractivity contribution is 7.89. The molecule has 9 heteroatoms. The summed E-state index contributed by atoms with van der Waals surface area (Å²) in [5.74, 6) is -1.21. The number of ether oxygens (including phenoxy) is 2. The Kier molecular flexibility index (Phi) is 6.78. The second-order valence-electron chi connectivity index (χ2n) is 7.52. The molecule has 1 aliphatic rings. The minimum Gasteiger partial charge on any atom is -0.465 e. The van der Waals surface area contributed by atoms with Gasteiger partial charge in [0.05, 0.1) is 23.7 Å². The molecule has 1 saturated heterocycles. The van der Waals surface area contributed by atoms with Gasteiger partial charge in [0.2, 0.25) is 10.0 Å². The molecule has 2 aromatic carbocycles. The van der Waals surface area contributed by atoms with Gasteiger partial charge in [0.25, 0.3) is 0 Å². The number of benzene rings is 2. The van der Waals surface area contributed by atoms with Crippen molar-refractivity contribution >= 4 is 22.0 Å². The van der Waals surface area contributed by atoms with Gasteiger partial charge < -0.3 is 14.6 Å². The van der Waals surface area contributed by atoms with Gasteiger partial charge in [0.1, 0.15) is 12.6 Å². The second kappa shape index (κ2) is 9.17. The van der Waals surface area contributed by atoms with Crippen LogP contribution in [0.15, 0.2) is 47.4 Å². The zero-order valence-corrected chi connectivity index (χ0v) is 18.4. The Labute approximate surface area is 181 Å². The standard InChI is InChI=1S/C22H25NO7S/c1-14-4-9-19(10-15(14)2)31(27,28)23-12-18(24)11-20(23)22(26)30-13-16-5-7-17(8-6-16)21(25)29-3/h4-10,18,20,24H,11-13H2,1-3H3/t18-,20+/m1/s1. The van der Waals surface area contributed by atoms with Gasteiger partial charge in [-0.1, -0.05) is 18.2 Å². The van der Waals surface area contributed by atoms with Crippen LogP contribution in [0.3, 0.4) is 0 Å². The monoisotopic (exact) mass is 447 g/mol. The van der Waals surface area contributed by atoms with Crippen LogP contribution >= 0.6 is 0 Å². The average molecular weight is 448 g/mol. The van der Waals surface area contributed by atoms with Gasteiger partial charge in [-0.25, -0.2) is 13.2 Å². The molecule has 2 atom stereocenters. The molecule has 0 unspecified atom stereocenters. The van der Waals surface area contributed by atoms with Crippen molar-refractivity contribution in [3.8, 4) is 0 Å². The van der Waals surface area contributed by atoms with Crippen LogP contribution in [0.1, 0.15) is 33.5 Å². The molecule has 0 saturated carbocycles. The lowest BCUT2D eigenvalue weighted by molar-refractivity contribution is -0.148. The van der Waals surface area contributed by atoms with E-state index in [4.69, 9.17) is 4.74 Å². The first-order valence-electron chi connectivity index (χ1n) is 9.74. The van der Waals surface area contributed by atoms with Crippen molar-refractivity contribution < 1.29 is 32.6 Å². The molecule has 166 valence electrons. The Bertz CT molecular complexity index is 1080. The molecule has 8 nitrogen and oxygen atoms in total. The van der Waals surface area contributed by atoms with Crippen molar-refractivity contribution in [3.05, 3.63) is 64.7 Å². The third-order valence-corrected chi connectivity index (χ3v) is 7.22. The summed E-state index contributed by atoms with van der Waals surface area (Å²) in [6, 6.07) is 9.97. The lowest BCUT2D eigenvalue weighted by atomic mass is 10.1. The molecule has 1 fully saturated rings. The first-order chi connectivity index (χ1) is 14.6. The summed E-state index contributed by atoms with van der Waals surface area (Å²) in [7, 11) is -2.70. The number of carbonyl (C=O) groups excluding carboxylic acids is 2. The Morgan fingerprint density at radius 2 is 1.77 bits per heavy atom. The molecule has 1 heterocycles. The number of aryl methyl sites for hydroxylation is 2. The van der Waals surface area contributed by atoms with Gasteiger partial charge in [0, 0.05) is 13.0 Å². The van der Waals surface area contributed by atoms with Gasteiger partial charge >= 0.3 is 11.9 Å². The summed E-state index contributed by atoms with van der Waals surface area (Å²) in [6.45, 7) is 3.42. The summed E-state index contributed by atoms with van der Waals surface area (Å²) in [6.07, 6.45) is -0.998. The lowest BCUT2D eigenvalue weighted by Gasteiger charge is -2.23. The van der Waals surface area contributed by atoms with E-state index in [0.29, 0.717) is 11.1 Å². The van der Waals surface area contributed by atoms with Crippen LogP contribution in [0.5, 0.6) is 0 Å². The highest BCUT2D eigenvalue weighted by atomic mass is 32.2. The van der Waals surface area contributed by atoms with E-state index in [-0.39, 0.29) is 24.5 Å². The molecular formula is C22H25NO7S. The number of aliphatic hydroxyl groups excluding tert-OH is 1. The zero-order chi connectivity index (χ0) is 22.8. The summed E-state index contributed by atoms with van der Waals surface area (Å²) < 4.78 is 37.2. The molecule has 2 aromatic rings. The summed E-state index contributed by atoms with van der Waals surface area (Å²) >= 11 is 0. The average Bonchev–Trinajstić information content (AvgIpc) is 3.16. The van der Waals surface area contributed by atoms with Crippen LogP contribution in [0.2, 0.25) is 0 Å². The van der Waals surface area contributed by atoms with Crippen LogP contribution in [0.4, 0.5) is 0 Å². The quantitative estimate of drug-likeness (QED) is 0.674. The molecule has 31 heavy (non-hydrogen) atoms. The number of nitrogens with zero attached hydrogens (tertiary/aromatic N) is 1. The van der Waals surface area contributed by atoms with Crippen molar-refractivity contribution in [2.24, 2.45) is 0 Å². The van der Waals surface area contributed by atoms with Crippen LogP contribution in [-0.2, 0) is 30.9 Å². The maximum Gasteiger partial charge on any atom is 0.337 e. The Morgan fingerprint density at radius 1 is 1.10 bits per heavy atom. The number of esters is 2. The molecule has 0 radical (unpaired) electrons. The maximum absolute atomic E-state index is 13.1. The smallest absolute Gasteiger partial charge is 0.337 e. The minimum absolute atomic E-state index is 0.0375. The van der Waals surface area contributed by atoms with E-state index in [0.717, 1.165) is 15.4 Å². The molecule has 0 bridgehead atoms. The number of rotatable bonds is 6. The molecule has 1 N–H and O–H groups in total. The normalized spacial score (nSPS) is 19.2. The fraction of sp³-hybridized carbons (Fsp3) is 0.364. The highest BCUT2D eigenvalue weighted by Gasteiger charge is 2.44. The van der Waals surface area contributed by atoms with Gasteiger partial charge in [0.15, 0.2) is 0 Å². The Balaban J connectivity index is 1.73. The molecule has 0 amide bonds. The topological polar surface area (TPSA) is 110 Å². The van der Waals surface area contributed by atoms with Gasteiger partial charge in [-0.05, 0) is 54.8 Å². The molecule has 0 aromatic heterocycles. The molecule has 1 aliphatic heterocycles. The predicted molar refractivity (Wildman–Crippen MR) is 112 cm³/mol. The number of aliphatic hydroxyl groups is 1. The third-order valence-electron chi connectivity index (χ3n) is 5.35. The third kappa shape index (κ3) is 4.95. The highest BCUT2D eigenvalue weighted by Crippen LogP contribution is 2.28. The summed E-state index contributed by atoms with van der Waals surface area (Å²) in [5.41, 5.74) is 2.76. The van der Waals surface area contributed by atoms with Crippen molar-refractivity contribution in [2.45, 2.75) is 43.9 Å². The maximum atomic E-state index is 13.1. The summed E-state index contributed by atoms with van der Waals surface area (Å²) in [4.78, 5) is 24.2. The van der Waals surface area contributed by atoms with Crippen molar-refractivity contribution in [1.29, 1.82) is 0 Å². The van der Waals surface area contributed by atoms with Crippen molar-refractivity contribution in [3.63, 3.8) is 0 Å². The van der Waals surface area contributed by atoms with Crippen LogP contribution < -0.4 is 0 Å². The first kappa shape index (κ1) is 22.9. The van der Waals surface area contributed by atoms with Gasteiger partial charge in [-0.15, -0.1) is 0 Å². The second-order valence-corrected chi connectivity index (χ2v) is 9.41. The molecule has 3 rings (SSSR count).